The third-order valence-corrected chi connectivity index (χ3v) is 3.62. The number of nitrogens with zero attached hydrogens (tertiary/aromatic N) is 2. The van der Waals surface area contributed by atoms with Gasteiger partial charge in [0.2, 0.25) is 5.95 Å². The third-order valence-electron chi connectivity index (χ3n) is 3.62. The second-order valence-electron chi connectivity index (χ2n) is 5.45. The van der Waals surface area contributed by atoms with Crippen LogP contribution in [-0.2, 0) is 0 Å². The minimum absolute atomic E-state index is 0.159. The molecule has 1 amide bonds. The maximum absolute atomic E-state index is 12.0. The van der Waals surface area contributed by atoms with Gasteiger partial charge in [0, 0.05) is 30.7 Å². The summed E-state index contributed by atoms with van der Waals surface area (Å²) in [7, 11) is 3.16. The molecule has 134 valence electrons. The van der Waals surface area contributed by atoms with Gasteiger partial charge in [-0.05, 0) is 18.6 Å². The van der Waals surface area contributed by atoms with E-state index in [0.717, 1.165) is 24.9 Å². The van der Waals surface area contributed by atoms with E-state index >= 15 is 0 Å². The number of hydrogen-bond donors (Lipinski definition) is 2. The number of anilines is 2. The number of nitrogens with one attached hydrogen (secondary N) is 2. The number of amides is 1. The minimum atomic E-state index is -0.159. The van der Waals surface area contributed by atoms with E-state index in [2.05, 4.69) is 27.5 Å². The van der Waals surface area contributed by atoms with Crippen molar-refractivity contribution in [2.24, 2.45) is 0 Å². The number of carbonyl (C=O) groups excluding carboxylic acids is 1. The lowest BCUT2D eigenvalue weighted by Crippen LogP contribution is -2.24. The van der Waals surface area contributed by atoms with Crippen molar-refractivity contribution in [1.29, 1.82) is 0 Å². The van der Waals surface area contributed by atoms with Crippen molar-refractivity contribution >= 4 is 17.5 Å². The van der Waals surface area contributed by atoms with E-state index < -0.39 is 0 Å². The number of hydrogen-bond acceptors (Lipinski definition) is 6. The molecule has 0 aliphatic carbocycles. The standard InChI is InChI=1S/C18H24N4O3/c1-4-5-6-9-19-17(23)13-11-20-18(21-12-13)22-14-7-8-15(24-2)16(10-14)25-3/h7-8,10-12H,4-6,9H2,1-3H3,(H,19,23)(H,20,21,22). The molecule has 1 heterocycles. The van der Waals surface area contributed by atoms with E-state index in [0.29, 0.717) is 29.6 Å². The Morgan fingerprint density at radius 3 is 2.44 bits per heavy atom. The summed E-state index contributed by atoms with van der Waals surface area (Å²) in [4.78, 5) is 20.4. The van der Waals surface area contributed by atoms with Gasteiger partial charge in [0.1, 0.15) is 0 Å². The second-order valence-corrected chi connectivity index (χ2v) is 5.45. The number of methoxy groups -OCH3 is 2. The van der Waals surface area contributed by atoms with Crippen molar-refractivity contribution in [2.75, 3.05) is 26.1 Å². The number of carbonyl (C=O) groups is 1. The van der Waals surface area contributed by atoms with Crippen LogP contribution in [0.1, 0.15) is 36.5 Å². The maximum Gasteiger partial charge on any atom is 0.254 e. The van der Waals surface area contributed by atoms with Crippen LogP contribution in [0.15, 0.2) is 30.6 Å². The Kier molecular flexibility index (Phi) is 7.00. The normalized spacial score (nSPS) is 10.2. The monoisotopic (exact) mass is 344 g/mol. The van der Waals surface area contributed by atoms with Crippen LogP contribution >= 0.6 is 0 Å². The lowest BCUT2D eigenvalue weighted by Gasteiger charge is -2.10. The minimum Gasteiger partial charge on any atom is -0.493 e. The van der Waals surface area contributed by atoms with Gasteiger partial charge < -0.3 is 20.1 Å². The fourth-order valence-electron chi connectivity index (χ4n) is 2.23. The molecular weight excluding hydrogens is 320 g/mol. The average Bonchev–Trinajstić information content (AvgIpc) is 2.65. The summed E-state index contributed by atoms with van der Waals surface area (Å²) in [5.74, 6) is 1.49. The fourth-order valence-corrected chi connectivity index (χ4v) is 2.23. The number of rotatable bonds is 9. The fraction of sp³-hybridized carbons (Fsp3) is 0.389. The molecule has 0 fully saturated rings. The van der Waals surface area contributed by atoms with Gasteiger partial charge in [0.15, 0.2) is 11.5 Å². The van der Waals surface area contributed by atoms with Gasteiger partial charge in [-0.25, -0.2) is 9.97 Å². The van der Waals surface area contributed by atoms with Crippen LogP contribution in [0, 0.1) is 0 Å². The van der Waals surface area contributed by atoms with Crippen LogP contribution in [0.5, 0.6) is 11.5 Å². The molecule has 7 heteroatoms. The first-order valence-corrected chi connectivity index (χ1v) is 8.27. The highest BCUT2D eigenvalue weighted by Crippen LogP contribution is 2.30. The smallest absolute Gasteiger partial charge is 0.254 e. The molecule has 0 radical (unpaired) electrons. The Morgan fingerprint density at radius 1 is 1.08 bits per heavy atom. The molecule has 1 aromatic heterocycles. The summed E-state index contributed by atoms with van der Waals surface area (Å²) in [6.45, 7) is 2.79. The van der Waals surface area contributed by atoms with Gasteiger partial charge in [-0.15, -0.1) is 0 Å². The Balaban J connectivity index is 1.97. The summed E-state index contributed by atoms with van der Waals surface area (Å²) in [5.41, 5.74) is 1.20. The van der Waals surface area contributed by atoms with Crippen molar-refractivity contribution in [3.8, 4) is 11.5 Å². The van der Waals surface area contributed by atoms with Crippen LogP contribution in [0.25, 0.3) is 0 Å². The summed E-state index contributed by atoms with van der Waals surface area (Å²) in [6.07, 6.45) is 6.21. The zero-order valence-corrected chi connectivity index (χ0v) is 14.8. The maximum atomic E-state index is 12.0. The summed E-state index contributed by atoms with van der Waals surface area (Å²) in [5, 5.41) is 5.93. The highest BCUT2D eigenvalue weighted by molar-refractivity contribution is 5.93. The summed E-state index contributed by atoms with van der Waals surface area (Å²) < 4.78 is 10.5. The molecule has 1 aromatic carbocycles. The van der Waals surface area contributed by atoms with Crippen LogP contribution in [0.2, 0.25) is 0 Å². The van der Waals surface area contributed by atoms with Gasteiger partial charge in [-0.2, -0.15) is 0 Å². The molecule has 0 atom stereocenters. The molecule has 0 saturated carbocycles. The Bertz CT molecular complexity index is 689. The van der Waals surface area contributed by atoms with Crippen LogP contribution < -0.4 is 20.1 Å². The van der Waals surface area contributed by atoms with Crippen LogP contribution in [0.3, 0.4) is 0 Å². The van der Waals surface area contributed by atoms with E-state index in [1.807, 2.05) is 6.07 Å². The molecule has 0 unspecified atom stereocenters. The molecule has 2 aromatic rings. The largest absolute Gasteiger partial charge is 0.493 e. The molecule has 2 N–H and O–H groups in total. The SMILES string of the molecule is CCCCCNC(=O)c1cnc(Nc2ccc(OC)c(OC)c2)nc1. The topological polar surface area (TPSA) is 85.4 Å². The lowest BCUT2D eigenvalue weighted by molar-refractivity contribution is 0.0952. The summed E-state index contributed by atoms with van der Waals surface area (Å²) in [6, 6.07) is 5.41. The van der Waals surface area contributed by atoms with Crippen molar-refractivity contribution < 1.29 is 14.3 Å². The zero-order chi connectivity index (χ0) is 18.1. The lowest BCUT2D eigenvalue weighted by atomic mass is 10.2. The third kappa shape index (κ3) is 5.34. The second kappa shape index (κ2) is 9.46. The quantitative estimate of drug-likeness (QED) is 0.680. The highest BCUT2D eigenvalue weighted by Gasteiger charge is 2.08. The molecule has 0 spiro atoms. The molecule has 0 aliphatic rings. The first-order valence-electron chi connectivity index (χ1n) is 8.27. The van der Waals surface area contributed by atoms with E-state index in [-0.39, 0.29) is 5.91 Å². The number of aromatic nitrogens is 2. The van der Waals surface area contributed by atoms with Crippen LogP contribution in [0.4, 0.5) is 11.6 Å². The number of unbranched alkanes of at least 4 members (excludes halogenated alkanes) is 2. The zero-order valence-electron chi connectivity index (χ0n) is 14.8. The van der Waals surface area contributed by atoms with Crippen molar-refractivity contribution in [1.82, 2.24) is 15.3 Å². The number of benzene rings is 1. The first kappa shape index (κ1) is 18.5. The molecule has 25 heavy (non-hydrogen) atoms. The molecule has 2 rings (SSSR count). The van der Waals surface area contributed by atoms with Crippen molar-refractivity contribution in [3.05, 3.63) is 36.2 Å². The van der Waals surface area contributed by atoms with Crippen LogP contribution in [-0.4, -0.2) is 36.6 Å². The molecule has 7 nitrogen and oxygen atoms in total. The molecule has 0 bridgehead atoms. The van der Waals surface area contributed by atoms with Gasteiger partial charge >= 0.3 is 0 Å². The van der Waals surface area contributed by atoms with E-state index in [4.69, 9.17) is 9.47 Å². The Labute approximate surface area is 147 Å². The molecule has 0 aliphatic heterocycles. The summed E-state index contributed by atoms with van der Waals surface area (Å²) >= 11 is 0. The first-order chi connectivity index (χ1) is 12.2. The number of ether oxygens (including phenoxy) is 2. The van der Waals surface area contributed by atoms with Crippen molar-refractivity contribution in [2.45, 2.75) is 26.2 Å². The van der Waals surface area contributed by atoms with Crippen molar-refractivity contribution in [3.63, 3.8) is 0 Å². The predicted octanol–water partition coefficient (Wildman–Crippen LogP) is 3.16. The van der Waals surface area contributed by atoms with Gasteiger partial charge in [0.05, 0.1) is 19.8 Å². The average molecular weight is 344 g/mol. The highest BCUT2D eigenvalue weighted by atomic mass is 16.5. The van der Waals surface area contributed by atoms with E-state index in [1.165, 1.54) is 12.4 Å². The van der Waals surface area contributed by atoms with Gasteiger partial charge in [-0.3, -0.25) is 4.79 Å². The Morgan fingerprint density at radius 2 is 1.80 bits per heavy atom. The molecular formula is C18H24N4O3. The van der Waals surface area contributed by atoms with E-state index in [1.54, 1.807) is 26.4 Å². The Hall–Kier alpha value is -2.83. The molecule has 0 saturated heterocycles. The van der Waals surface area contributed by atoms with Gasteiger partial charge in [0.25, 0.3) is 5.91 Å². The van der Waals surface area contributed by atoms with Gasteiger partial charge in [-0.1, -0.05) is 19.8 Å². The van der Waals surface area contributed by atoms with E-state index in [9.17, 15) is 4.79 Å². The predicted molar refractivity (Wildman–Crippen MR) is 96.7 cm³/mol.